The van der Waals surface area contributed by atoms with Gasteiger partial charge in [0.2, 0.25) is 0 Å². The molecule has 0 saturated heterocycles. The molecule has 0 aromatic heterocycles. The molecule has 0 aliphatic rings. The van der Waals surface area contributed by atoms with Crippen molar-refractivity contribution in [3.63, 3.8) is 0 Å². The molecule has 0 aliphatic carbocycles. The van der Waals surface area contributed by atoms with Gasteiger partial charge in [-0.3, -0.25) is 0 Å². The third-order valence-electron chi connectivity index (χ3n) is 3.55. The first-order chi connectivity index (χ1) is 9.19. The number of unbranched alkanes of at least 4 members (excludes halogenated alkanes) is 3. The first-order valence-electron chi connectivity index (χ1n) is 7.70. The van der Waals surface area contributed by atoms with Gasteiger partial charge in [-0.05, 0) is 32.3 Å². The second-order valence-electron chi connectivity index (χ2n) is 5.33. The highest BCUT2D eigenvalue weighted by molar-refractivity contribution is 5.35. The standard InChI is InChI=1S/C17H29NO/c1-4-6-7-8-11-14(3)19-17-13-10-9-12-15(17)16(18)5-2/h9-10,12-14,16H,4-8,11,18H2,1-3H3. The number of nitrogens with two attached hydrogens (primary N) is 1. The SMILES string of the molecule is CCCCCCC(C)Oc1ccccc1C(N)CC. The van der Waals surface area contributed by atoms with Crippen molar-refractivity contribution in [2.75, 3.05) is 0 Å². The summed E-state index contributed by atoms with van der Waals surface area (Å²) in [5.41, 5.74) is 7.26. The molecule has 2 unspecified atom stereocenters. The average Bonchev–Trinajstić information content (AvgIpc) is 2.43. The summed E-state index contributed by atoms with van der Waals surface area (Å²) < 4.78 is 6.07. The molecule has 0 saturated carbocycles. The summed E-state index contributed by atoms with van der Waals surface area (Å²) in [5.74, 6) is 0.958. The highest BCUT2D eigenvalue weighted by Gasteiger charge is 2.12. The van der Waals surface area contributed by atoms with Crippen molar-refractivity contribution in [3.8, 4) is 5.75 Å². The lowest BCUT2D eigenvalue weighted by molar-refractivity contribution is 0.203. The molecule has 2 heteroatoms. The van der Waals surface area contributed by atoms with Gasteiger partial charge in [-0.25, -0.2) is 0 Å². The summed E-state index contributed by atoms with van der Waals surface area (Å²) in [5, 5.41) is 0. The molecular formula is C17H29NO. The summed E-state index contributed by atoms with van der Waals surface area (Å²) in [4.78, 5) is 0. The highest BCUT2D eigenvalue weighted by atomic mass is 16.5. The molecule has 1 aromatic rings. The molecule has 0 radical (unpaired) electrons. The summed E-state index contributed by atoms with van der Waals surface area (Å²) in [7, 11) is 0. The van der Waals surface area contributed by atoms with E-state index in [4.69, 9.17) is 10.5 Å². The summed E-state index contributed by atoms with van der Waals surface area (Å²) >= 11 is 0. The Labute approximate surface area is 118 Å². The maximum Gasteiger partial charge on any atom is 0.124 e. The molecule has 0 amide bonds. The van der Waals surface area contributed by atoms with Gasteiger partial charge in [-0.1, -0.05) is 51.3 Å². The number of rotatable bonds is 9. The van der Waals surface area contributed by atoms with E-state index in [-0.39, 0.29) is 12.1 Å². The summed E-state index contributed by atoms with van der Waals surface area (Å²) in [6.45, 7) is 6.50. The van der Waals surface area contributed by atoms with Gasteiger partial charge in [0.25, 0.3) is 0 Å². The second kappa shape index (κ2) is 8.98. The van der Waals surface area contributed by atoms with Crippen molar-refractivity contribution < 1.29 is 4.74 Å². The molecule has 1 aromatic carbocycles. The van der Waals surface area contributed by atoms with Gasteiger partial charge in [-0.15, -0.1) is 0 Å². The van der Waals surface area contributed by atoms with E-state index in [1.165, 1.54) is 25.7 Å². The van der Waals surface area contributed by atoms with Crippen LogP contribution in [0.1, 0.15) is 70.9 Å². The lowest BCUT2D eigenvalue weighted by Gasteiger charge is -2.20. The van der Waals surface area contributed by atoms with Crippen LogP contribution in [0, 0.1) is 0 Å². The zero-order valence-corrected chi connectivity index (χ0v) is 12.7. The second-order valence-corrected chi connectivity index (χ2v) is 5.33. The Morgan fingerprint density at radius 3 is 2.53 bits per heavy atom. The fourth-order valence-electron chi connectivity index (χ4n) is 2.25. The minimum absolute atomic E-state index is 0.0727. The predicted molar refractivity (Wildman–Crippen MR) is 82.5 cm³/mol. The van der Waals surface area contributed by atoms with E-state index in [1.54, 1.807) is 0 Å². The Kier molecular flexibility index (Phi) is 7.57. The third kappa shape index (κ3) is 5.65. The van der Waals surface area contributed by atoms with Crippen LogP contribution in [0.5, 0.6) is 5.75 Å². The lowest BCUT2D eigenvalue weighted by Crippen LogP contribution is -2.16. The smallest absolute Gasteiger partial charge is 0.124 e. The van der Waals surface area contributed by atoms with Crippen LogP contribution in [0.25, 0.3) is 0 Å². The minimum atomic E-state index is 0.0727. The van der Waals surface area contributed by atoms with E-state index in [1.807, 2.05) is 18.2 Å². The molecule has 0 spiro atoms. The van der Waals surface area contributed by atoms with Crippen molar-refractivity contribution >= 4 is 0 Å². The maximum absolute atomic E-state index is 6.13. The predicted octanol–water partition coefficient (Wildman–Crippen LogP) is 4.83. The molecule has 0 heterocycles. The van der Waals surface area contributed by atoms with Crippen LogP contribution in [0.3, 0.4) is 0 Å². The van der Waals surface area contributed by atoms with Gasteiger partial charge >= 0.3 is 0 Å². The van der Waals surface area contributed by atoms with Crippen molar-refractivity contribution in [3.05, 3.63) is 29.8 Å². The molecule has 2 atom stereocenters. The van der Waals surface area contributed by atoms with Crippen molar-refractivity contribution in [1.82, 2.24) is 0 Å². The molecule has 1 rings (SSSR count). The fraction of sp³-hybridized carbons (Fsp3) is 0.647. The van der Waals surface area contributed by atoms with E-state index in [0.29, 0.717) is 0 Å². The van der Waals surface area contributed by atoms with Crippen LogP contribution >= 0.6 is 0 Å². The zero-order valence-electron chi connectivity index (χ0n) is 12.7. The Balaban J connectivity index is 2.51. The third-order valence-corrected chi connectivity index (χ3v) is 3.55. The normalized spacial score (nSPS) is 14.1. The zero-order chi connectivity index (χ0) is 14.1. The molecule has 108 valence electrons. The van der Waals surface area contributed by atoms with Crippen LogP contribution in [0.2, 0.25) is 0 Å². The number of ether oxygens (including phenoxy) is 1. The van der Waals surface area contributed by atoms with E-state index in [2.05, 4.69) is 26.8 Å². The quantitative estimate of drug-likeness (QED) is 0.647. The van der Waals surface area contributed by atoms with Crippen molar-refractivity contribution in [1.29, 1.82) is 0 Å². The molecule has 19 heavy (non-hydrogen) atoms. The number of benzene rings is 1. The lowest BCUT2D eigenvalue weighted by atomic mass is 10.0. The van der Waals surface area contributed by atoms with Crippen LogP contribution in [-0.4, -0.2) is 6.10 Å². The average molecular weight is 263 g/mol. The maximum atomic E-state index is 6.13. The molecule has 0 aliphatic heterocycles. The molecule has 2 N–H and O–H groups in total. The van der Waals surface area contributed by atoms with Gasteiger partial charge in [0.15, 0.2) is 0 Å². The van der Waals surface area contributed by atoms with Crippen molar-refractivity contribution in [2.24, 2.45) is 5.73 Å². The van der Waals surface area contributed by atoms with Crippen LogP contribution in [0.4, 0.5) is 0 Å². The largest absolute Gasteiger partial charge is 0.490 e. The molecule has 0 fully saturated rings. The number of hydrogen-bond donors (Lipinski definition) is 1. The Hall–Kier alpha value is -1.02. The number of hydrogen-bond acceptors (Lipinski definition) is 2. The van der Waals surface area contributed by atoms with Gasteiger partial charge in [0.05, 0.1) is 6.10 Å². The Morgan fingerprint density at radius 1 is 1.11 bits per heavy atom. The summed E-state index contributed by atoms with van der Waals surface area (Å²) in [6.07, 6.45) is 7.48. The highest BCUT2D eigenvalue weighted by Crippen LogP contribution is 2.26. The minimum Gasteiger partial charge on any atom is -0.490 e. The Morgan fingerprint density at radius 2 is 1.84 bits per heavy atom. The molecule has 2 nitrogen and oxygen atoms in total. The van der Waals surface area contributed by atoms with E-state index < -0.39 is 0 Å². The van der Waals surface area contributed by atoms with Crippen LogP contribution < -0.4 is 10.5 Å². The van der Waals surface area contributed by atoms with Gasteiger partial charge in [0, 0.05) is 11.6 Å². The van der Waals surface area contributed by atoms with E-state index >= 15 is 0 Å². The van der Waals surface area contributed by atoms with E-state index in [9.17, 15) is 0 Å². The van der Waals surface area contributed by atoms with Crippen molar-refractivity contribution in [2.45, 2.75) is 71.4 Å². The monoisotopic (exact) mass is 263 g/mol. The fourth-order valence-corrected chi connectivity index (χ4v) is 2.25. The van der Waals surface area contributed by atoms with Gasteiger partial charge in [-0.2, -0.15) is 0 Å². The van der Waals surface area contributed by atoms with E-state index in [0.717, 1.165) is 24.2 Å². The summed E-state index contributed by atoms with van der Waals surface area (Å²) in [6, 6.07) is 8.23. The van der Waals surface area contributed by atoms with Gasteiger partial charge < -0.3 is 10.5 Å². The topological polar surface area (TPSA) is 35.2 Å². The number of para-hydroxylation sites is 1. The molecule has 0 bridgehead atoms. The van der Waals surface area contributed by atoms with Gasteiger partial charge in [0.1, 0.15) is 5.75 Å². The molecular weight excluding hydrogens is 234 g/mol. The van der Waals surface area contributed by atoms with Crippen LogP contribution in [-0.2, 0) is 0 Å². The van der Waals surface area contributed by atoms with Crippen LogP contribution in [0.15, 0.2) is 24.3 Å². The Bertz CT molecular complexity index is 351. The first kappa shape index (κ1) is 16.0. The first-order valence-corrected chi connectivity index (χ1v) is 7.70.